The van der Waals surface area contributed by atoms with Crippen LogP contribution in [0.3, 0.4) is 0 Å². The Morgan fingerprint density at radius 3 is 2.57 bits per heavy atom. The minimum atomic E-state index is -0.383. The fourth-order valence-electron chi connectivity index (χ4n) is 6.57. The van der Waals surface area contributed by atoms with Crippen molar-refractivity contribution in [1.29, 1.82) is 0 Å². The van der Waals surface area contributed by atoms with E-state index in [1.54, 1.807) is 0 Å². The van der Waals surface area contributed by atoms with E-state index in [0.29, 0.717) is 37.3 Å². The number of piperidine rings is 3. The third-order valence-corrected chi connectivity index (χ3v) is 8.56. The van der Waals surface area contributed by atoms with Gasteiger partial charge in [0.25, 0.3) is 0 Å². The van der Waals surface area contributed by atoms with Gasteiger partial charge in [0, 0.05) is 50.2 Å². The van der Waals surface area contributed by atoms with Crippen LogP contribution in [0.15, 0.2) is 18.2 Å². The lowest BCUT2D eigenvalue weighted by molar-refractivity contribution is -0.134. The van der Waals surface area contributed by atoms with Crippen molar-refractivity contribution < 1.29 is 19.1 Å². The largest absolute Gasteiger partial charge is 0.450 e. The number of benzene rings is 1. The van der Waals surface area contributed by atoms with Gasteiger partial charge in [0.15, 0.2) is 0 Å². The Kier molecular flexibility index (Phi) is 7.40. The fourth-order valence-corrected chi connectivity index (χ4v) is 6.57. The first kappa shape index (κ1) is 25.5. The fraction of sp³-hybridized carbons (Fsp3) is 0.643. The van der Waals surface area contributed by atoms with Crippen molar-refractivity contribution in [2.45, 2.75) is 70.8 Å². The molecule has 0 aliphatic carbocycles. The number of nitrogens with zero attached hydrogens (tertiary/aromatic N) is 4. The number of hydrogen-bond donors (Lipinski definition) is 1. The lowest BCUT2D eigenvalue weighted by atomic mass is 9.81. The monoisotopic (exact) mass is 509 g/mol. The maximum atomic E-state index is 12.4. The minimum Gasteiger partial charge on any atom is -0.450 e. The highest BCUT2D eigenvalue weighted by atomic mass is 16.6. The van der Waals surface area contributed by atoms with Crippen molar-refractivity contribution in [3.8, 4) is 0 Å². The Labute approximate surface area is 218 Å². The summed E-state index contributed by atoms with van der Waals surface area (Å²) in [6, 6.07) is 6.88. The first-order valence-electron chi connectivity index (χ1n) is 13.8. The number of amides is 3. The number of carbonyl (C=O) groups excluding carboxylic acids is 3. The molecule has 9 heteroatoms. The Morgan fingerprint density at radius 2 is 1.86 bits per heavy atom. The molecule has 9 nitrogen and oxygen atoms in total. The molecule has 2 aromatic rings. The normalized spacial score (nSPS) is 25.4. The second-order valence-electron chi connectivity index (χ2n) is 11.0. The third kappa shape index (κ3) is 5.31. The minimum absolute atomic E-state index is 0.169. The van der Waals surface area contributed by atoms with E-state index in [4.69, 9.17) is 9.84 Å². The summed E-state index contributed by atoms with van der Waals surface area (Å²) in [7, 11) is 1.92. The number of hydrogen-bond acceptors (Lipinski definition) is 6. The van der Waals surface area contributed by atoms with E-state index in [2.05, 4.69) is 35.3 Å². The predicted octanol–water partition coefficient (Wildman–Crippen LogP) is 3.96. The molecule has 5 rings (SSSR count). The molecular formula is C28H39N5O4. The Morgan fingerprint density at radius 1 is 1.11 bits per heavy atom. The van der Waals surface area contributed by atoms with Crippen LogP contribution >= 0.6 is 0 Å². The Balaban J connectivity index is 1.21. The van der Waals surface area contributed by atoms with Gasteiger partial charge in [-0.1, -0.05) is 0 Å². The molecule has 3 saturated heterocycles. The van der Waals surface area contributed by atoms with Crippen LogP contribution < -0.4 is 10.2 Å². The van der Waals surface area contributed by atoms with Crippen molar-refractivity contribution in [3.05, 3.63) is 23.9 Å². The van der Waals surface area contributed by atoms with Crippen LogP contribution in [-0.2, 0) is 21.4 Å². The summed E-state index contributed by atoms with van der Waals surface area (Å²) < 4.78 is 7.01. The van der Waals surface area contributed by atoms with Gasteiger partial charge >= 0.3 is 6.09 Å². The number of fused-ring (bicyclic) bond motifs is 1. The van der Waals surface area contributed by atoms with Crippen LogP contribution in [0.1, 0.15) is 70.4 Å². The molecule has 3 fully saturated rings. The van der Waals surface area contributed by atoms with Crippen LogP contribution in [-0.4, -0.2) is 64.9 Å². The van der Waals surface area contributed by atoms with Gasteiger partial charge in [-0.25, -0.2) is 4.79 Å². The zero-order chi connectivity index (χ0) is 26.1. The molecule has 200 valence electrons. The summed E-state index contributed by atoms with van der Waals surface area (Å²) in [4.78, 5) is 40.4. The second kappa shape index (κ2) is 10.7. The number of imide groups is 1. The van der Waals surface area contributed by atoms with Crippen molar-refractivity contribution in [2.75, 3.05) is 31.1 Å². The number of ether oxygens (including phenoxy) is 1. The van der Waals surface area contributed by atoms with Crippen molar-refractivity contribution >= 4 is 34.5 Å². The van der Waals surface area contributed by atoms with Gasteiger partial charge in [-0.15, -0.1) is 0 Å². The van der Waals surface area contributed by atoms with E-state index in [1.807, 2.05) is 23.6 Å². The highest BCUT2D eigenvalue weighted by molar-refractivity contribution is 6.02. The van der Waals surface area contributed by atoms with Crippen molar-refractivity contribution in [1.82, 2.24) is 20.0 Å². The smallest absolute Gasteiger partial charge is 0.409 e. The van der Waals surface area contributed by atoms with E-state index in [-0.39, 0.29) is 23.8 Å². The average molecular weight is 510 g/mol. The summed E-state index contributed by atoms with van der Waals surface area (Å²) in [5.41, 5.74) is 2.97. The Hall–Kier alpha value is -3.10. The van der Waals surface area contributed by atoms with Crippen LogP contribution in [0.25, 0.3) is 10.9 Å². The third-order valence-electron chi connectivity index (χ3n) is 8.56. The zero-order valence-electron chi connectivity index (χ0n) is 22.2. The van der Waals surface area contributed by atoms with E-state index >= 15 is 0 Å². The molecular weight excluding hydrogens is 470 g/mol. The standard InChI is InChI=1S/C28H39N5O4/c1-4-37-28(36)32-12-9-19(10-13-32)16-20-11-14-33(18(2)15-20)21-5-6-22-24(17-21)31(3)30-26(22)23-7-8-25(34)29-27(23)35/h5-6,17-20,23H,4,7-16H2,1-3H3,(H,29,34,35)/t18-,20+,23?/m0/s1. The first-order chi connectivity index (χ1) is 17.8. The lowest BCUT2D eigenvalue weighted by Crippen LogP contribution is -2.42. The molecule has 1 unspecified atom stereocenters. The van der Waals surface area contributed by atoms with Gasteiger partial charge < -0.3 is 14.5 Å². The van der Waals surface area contributed by atoms with Gasteiger partial charge in [-0.05, 0) is 82.4 Å². The molecule has 3 amide bonds. The second-order valence-corrected chi connectivity index (χ2v) is 11.0. The first-order valence-corrected chi connectivity index (χ1v) is 13.8. The number of anilines is 1. The number of aryl methyl sites for hydroxylation is 1. The van der Waals surface area contributed by atoms with Crippen LogP contribution in [0.4, 0.5) is 10.5 Å². The molecule has 4 heterocycles. The molecule has 1 aromatic heterocycles. The van der Waals surface area contributed by atoms with Crippen molar-refractivity contribution in [2.24, 2.45) is 18.9 Å². The predicted molar refractivity (Wildman–Crippen MR) is 141 cm³/mol. The van der Waals surface area contributed by atoms with Gasteiger partial charge in [-0.2, -0.15) is 5.10 Å². The maximum absolute atomic E-state index is 12.4. The van der Waals surface area contributed by atoms with Crippen LogP contribution in [0.2, 0.25) is 0 Å². The van der Waals surface area contributed by atoms with E-state index in [1.165, 1.54) is 24.9 Å². The molecule has 1 N–H and O–H groups in total. The maximum Gasteiger partial charge on any atom is 0.409 e. The number of nitrogens with one attached hydrogen (secondary N) is 1. The summed E-state index contributed by atoms with van der Waals surface area (Å²) in [5, 5.41) is 8.13. The molecule has 37 heavy (non-hydrogen) atoms. The molecule has 3 aliphatic rings. The summed E-state index contributed by atoms with van der Waals surface area (Å²) in [6.07, 6.45) is 6.41. The van der Waals surface area contributed by atoms with Gasteiger partial charge in [0.2, 0.25) is 11.8 Å². The number of carbonyl (C=O) groups is 3. The highest BCUT2D eigenvalue weighted by Crippen LogP contribution is 2.37. The van der Waals surface area contributed by atoms with E-state index < -0.39 is 0 Å². The topological polar surface area (TPSA) is 96.8 Å². The number of rotatable bonds is 5. The Bertz CT molecular complexity index is 1170. The quantitative estimate of drug-likeness (QED) is 0.613. The highest BCUT2D eigenvalue weighted by Gasteiger charge is 2.33. The summed E-state index contributed by atoms with van der Waals surface area (Å²) in [5.74, 6) is 0.563. The van der Waals surface area contributed by atoms with Crippen molar-refractivity contribution in [3.63, 3.8) is 0 Å². The molecule has 0 spiro atoms. The van der Waals surface area contributed by atoms with Gasteiger partial charge in [0.1, 0.15) is 0 Å². The molecule has 0 bridgehead atoms. The molecule has 0 radical (unpaired) electrons. The van der Waals surface area contributed by atoms with Gasteiger partial charge in [0.05, 0.1) is 23.7 Å². The molecule has 1 aromatic carbocycles. The number of aromatic nitrogens is 2. The molecule has 3 aliphatic heterocycles. The van der Waals surface area contributed by atoms with Crippen LogP contribution in [0, 0.1) is 11.8 Å². The molecule has 0 saturated carbocycles. The molecule has 3 atom stereocenters. The van der Waals surface area contributed by atoms with Crippen LogP contribution in [0.5, 0.6) is 0 Å². The summed E-state index contributed by atoms with van der Waals surface area (Å²) in [6.45, 7) is 7.25. The van der Waals surface area contributed by atoms with E-state index in [9.17, 15) is 14.4 Å². The lowest BCUT2D eigenvalue weighted by Gasteiger charge is -2.41. The zero-order valence-corrected chi connectivity index (χ0v) is 22.2. The summed E-state index contributed by atoms with van der Waals surface area (Å²) >= 11 is 0. The average Bonchev–Trinajstić information content (AvgIpc) is 3.20. The SMILES string of the molecule is CCOC(=O)N1CCC(C[C@@H]2CCN(c3ccc4c(C5CCC(=O)NC5=O)nn(C)c4c3)[C@@H](C)C2)CC1. The number of likely N-dealkylation sites (tertiary alicyclic amines) is 1. The van der Waals surface area contributed by atoms with Gasteiger partial charge in [-0.3, -0.25) is 19.6 Å². The van der Waals surface area contributed by atoms with E-state index in [0.717, 1.165) is 49.1 Å².